The van der Waals surface area contributed by atoms with Gasteiger partial charge in [-0.15, -0.1) is 0 Å². The smallest absolute Gasteiger partial charge is 0.189 e. The number of rotatable bonds is 4. The Morgan fingerprint density at radius 1 is 0.818 bits per heavy atom. The molecule has 3 rings (SSSR count). The molecule has 0 radical (unpaired) electrons. The summed E-state index contributed by atoms with van der Waals surface area (Å²) < 4.78 is 0. The van der Waals surface area contributed by atoms with Crippen molar-refractivity contribution < 1.29 is 9.59 Å². The second kappa shape index (κ2) is 6.52. The molecular formula is C20H18O2. The quantitative estimate of drug-likeness (QED) is 0.778. The summed E-state index contributed by atoms with van der Waals surface area (Å²) in [6.07, 6.45) is 4.52. The molecule has 2 nitrogen and oxygen atoms in total. The molecular weight excluding hydrogens is 272 g/mol. The molecule has 2 aromatic carbocycles. The molecule has 22 heavy (non-hydrogen) atoms. The molecule has 0 aliphatic heterocycles. The highest BCUT2D eigenvalue weighted by atomic mass is 16.1. The van der Waals surface area contributed by atoms with Crippen molar-refractivity contribution >= 4 is 11.6 Å². The molecule has 0 spiro atoms. The Kier molecular flexibility index (Phi) is 4.29. The standard InChI is InChI=1S/C20H18O2/c21-19(15-9-3-1-4-10-15)17-13-7-8-14-18(17)20(22)16-11-5-2-6-12-16/h1-6,9-13,18H,7-8,14H2. The van der Waals surface area contributed by atoms with Crippen molar-refractivity contribution in [2.75, 3.05) is 0 Å². The SMILES string of the molecule is O=C(C1=CCCCC1C(=O)c1ccccc1)c1ccccc1. The van der Waals surface area contributed by atoms with Crippen LogP contribution in [-0.2, 0) is 0 Å². The van der Waals surface area contributed by atoms with Crippen molar-refractivity contribution in [1.29, 1.82) is 0 Å². The first-order chi connectivity index (χ1) is 10.8. The van der Waals surface area contributed by atoms with Crippen LogP contribution in [0.4, 0.5) is 0 Å². The molecule has 1 atom stereocenters. The van der Waals surface area contributed by atoms with Gasteiger partial charge in [-0.3, -0.25) is 9.59 Å². The Labute approximate surface area is 130 Å². The molecule has 1 aliphatic carbocycles. The lowest BCUT2D eigenvalue weighted by atomic mass is 9.79. The Bertz CT molecular complexity index is 699. The number of carbonyl (C=O) groups excluding carboxylic acids is 2. The minimum absolute atomic E-state index is 0.0189. The van der Waals surface area contributed by atoms with Gasteiger partial charge in [0.25, 0.3) is 0 Å². The fourth-order valence-corrected chi connectivity index (χ4v) is 2.96. The summed E-state index contributed by atoms with van der Waals surface area (Å²) in [7, 11) is 0. The number of allylic oxidation sites excluding steroid dienone is 2. The summed E-state index contributed by atoms with van der Waals surface area (Å²) in [6.45, 7) is 0. The van der Waals surface area contributed by atoms with Gasteiger partial charge in [0, 0.05) is 16.7 Å². The number of benzene rings is 2. The molecule has 0 amide bonds. The topological polar surface area (TPSA) is 34.1 Å². The number of carbonyl (C=O) groups is 2. The van der Waals surface area contributed by atoms with Crippen LogP contribution in [0.1, 0.15) is 40.0 Å². The Hall–Kier alpha value is -2.48. The van der Waals surface area contributed by atoms with Crippen LogP contribution < -0.4 is 0 Å². The third kappa shape index (κ3) is 2.91. The number of hydrogen-bond acceptors (Lipinski definition) is 2. The Balaban J connectivity index is 1.91. The van der Waals surface area contributed by atoms with E-state index in [2.05, 4.69) is 0 Å². The normalized spacial score (nSPS) is 17.6. The highest BCUT2D eigenvalue weighted by molar-refractivity contribution is 6.14. The van der Waals surface area contributed by atoms with Crippen LogP contribution in [0.25, 0.3) is 0 Å². The molecule has 0 saturated carbocycles. The zero-order chi connectivity index (χ0) is 15.4. The van der Waals surface area contributed by atoms with E-state index < -0.39 is 0 Å². The zero-order valence-electron chi connectivity index (χ0n) is 12.4. The van der Waals surface area contributed by atoms with Gasteiger partial charge in [0.05, 0.1) is 5.92 Å². The summed E-state index contributed by atoms with van der Waals surface area (Å²) in [5.41, 5.74) is 1.99. The van der Waals surface area contributed by atoms with Crippen molar-refractivity contribution in [1.82, 2.24) is 0 Å². The predicted octanol–water partition coefficient (Wildman–Crippen LogP) is 4.48. The van der Waals surface area contributed by atoms with Crippen LogP contribution in [0.5, 0.6) is 0 Å². The molecule has 0 N–H and O–H groups in total. The monoisotopic (exact) mass is 290 g/mol. The van der Waals surface area contributed by atoms with Crippen LogP contribution >= 0.6 is 0 Å². The molecule has 0 aromatic heterocycles. The summed E-state index contributed by atoms with van der Waals surface area (Å²) >= 11 is 0. The van der Waals surface area contributed by atoms with E-state index in [9.17, 15) is 9.59 Å². The lowest BCUT2D eigenvalue weighted by Gasteiger charge is -2.22. The summed E-state index contributed by atoms with van der Waals surface area (Å²) in [4.78, 5) is 25.5. The van der Waals surface area contributed by atoms with Crippen LogP contribution in [0.15, 0.2) is 72.3 Å². The van der Waals surface area contributed by atoms with E-state index in [4.69, 9.17) is 0 Å². The first kappa shape index (κ1) is 14.5. The maximum Gasteiger partial charge on any atom is 0.189 e. The largest absolute Gasteiger partial charge is 0.293 e. The second-order valence-corrected chi connectivity index (χ2v) is 5.57. The Morgan fingerprint density at radius 3 is 2.05 bits per heavy atom. The van der Waals surface area contributed by atoms with Crippen molar-refractivity contribution in [2.45, 2.75) is 19.3 Å². The Morgan fingerprint density at radius 2 is 1.41 bits per heavy atom. The molecule has 0 heterocycles. The van der Waals surface area contributed by atoms with Crippen molar-refractivity contribution in [3.63, 3.8) is 0 Å². The first-order valence-electron chi connectivity index (χ1n) is 7.66. The second-order valence-electron chi connectivity index (χ2n) is 5.57. The van der Waals surface area contributed by atoms with Crippen molar-refractivity contribution in [2.24, 2.45) is 5.92 Å². The van der Waals surface area contributed by atoms with Gasteiger partial charge in [-0.25, -0.2) is 0 Å². The highest BCUT2D eigenvalue weighted by Gasteiger charge is 2.30. The third-order valence-corrected chi connectivity index (χ3v) is 4.11. The van der Waals surface area contributed by atoms with E-state index in [1.807, 2.05) is 66.7 Å². The van der Waals surface area contributed by atoms with Gasteiger partial charge in [-0.1, -0.05) is 66.7 Å². The van der Waals surface area contributed by atoms with Gasteiger partial charge in [0.2, 0.25) is 0 Å². The molecule has 1 aliphatic rings. The maximum atomic E-state index is 12.8. The van der Waals surface area contributed by atoms with Crippen LogP contribution in [-0.4, -0.2) is 11.6 Å². The van der Waals surface area contributed by atoms with Gasteiger partial charge >= 0.3 is 0 Å². The molecule has 1 unspecified atom stereocenters. The molecule has 0 fully saturated rings. The van der Waals surface area contributed by atoms with E-state index in [0.29, 0.717) is 16.7 Å². The molecule has 0 bridgehead atoms. The van der Waals surface area contributed by atoms with Crippen LogP contribution in [0, 0.1) is 5.92 Å². The fourth-order valence-electron chi connectivity index (χ4n) is 2.96. The van der Waals surface area contributed by atoms with Crippen molar-refractivity contribution in [3.8, 4) is 0 Å². The van der Waals surface area contributed by atoms with Gasteiger partial charge < -0.3 is 0 Å². The zero-order valence-corrected chi connectivity index (χ0v) is 12.4. The van der Waals surface area contributed by atoms with Gasteiger partial charge in [0.1, 0.15) is 0 Å². The average Bonchev–Trinajstić information content (AvgIpc) is 2.62. The predicted molar refractivity (Wildman–Crippen MR) is 87.0 cm³/mol. The van der Waals surface area contributed by atoms with Crippen LogP contribution in [0.2, 0.25) is 0 Å². The molecule has 2 heteroatoms. The van der Waals surface area contributed by atoms with Gasteiger partial charge in [-0.2, -0.15) is 0 Å². The third-order valence-electron chi connectivity index (χ3n) is 4.11. The molecule has 2 aromatic rings. The lowest BCUT2D eigenvalue weighted by Crippen LogP contribution is -2.24. The minimum atomic E-state index is -0.316. The lowest BCUT2D eigenvalue weighted by molar-refractivity contribution is 0.0895. The molecule has 0 saturated heterocycles. The van der Waals surface area contributed by atoms with Gasteiger partial charge in [0.15, 0.2) is 11.6 Å². The van der Waals surface area contributed by atoms with E-state index in [0.717, 1.165) is 19.3 Å². The summed E-state index contributed by atoms with van der Waals surface area (Å²) in [5.74, 6) is -0.283. The number of hydrogen-bond donors (Lipinski definition) is 0. The fraction of sp³-hybridized carbons (Fsp3) is 0.200. The highest BCUT2D eigenvalue weighted by Crippen LogP contribution is 2.30. The first-order valence-corrected chi connectivity index (χ1v) is 7.66. The van der Waals surface area contributed by atoms with Crippen molar-refractivity contribution in [3.05, 3.63) is 83.4 Å². The summed E-state index contributed by atoms with van der Waals surface area (Å²) in [5, 5.41) is 0. The summed E-state index contributed by atoms with van der Waals surface area (Å²) in [6, 6.07) is 18.5. The van der Waals surface area contributed by atoms with E-state index in [1.54, 1.807) is 0 Å². The van der Waals surface area contributed by atoms with Gasteiger partial charge in [-0.05, 0) is 19.3 Å². The minimum Gasteiger partial charge on any atom is -0.293 e. The van der Waals surface area contributed by atoms with Crippen LogP contribution in [0.3, 0.4) is 0 Å². The van der Waals surface area contributed by atoms with E-state index in [-0.39, 0.29) is 17.5 Å². The molecule has 110 valence electrons. The number of ketones is 2. The van der Waals surface area contributed by atoms with E-state index >= 15 is 0 Å². The average molecular weight is 290 g/mol. The van der Waals surface area contributed by atoms with E-state index in [1.165, 1.54) is 0 Å². The maximum absolute atomic E-state index is 12.8. The number of Topliss-reactive ketones (excluding diaryl/α,β-unsaturated/α-hetero) is 2.